The van der Waals surface area contributed by atoms with Crippen molar-refractivity contribution in [3.05, 3.63) is 81.9 Å². The van der Waals surface area contributed by atoms with E-state index in [0.29, 0.717) is 35.2 Å². The quantitative estimate of drug-likeness (QED) is 0.229. The summed E-state index contributed by atoms with van der Waals surface area (Å²) in [7, 11) is 4.33. The minimum absolute atomic E-state index is 0.0688. The van der Waals surface area contributed by atoms with Gasteiger partial charge < -0.3 is 29.6 Å². The smallest absolute Gasteiger partial charge is 0.341 e. The number of anilines is 2. The first kappa shape index (κ1) is 25.8. The number of hydrogen-bond acceptors (Lipinski definition) is 9. The molecule has 0 fully saturated rings. The van der Waals surface area contributed by atoms with Crippen LogP contribution in [0.25, 0.3) is 0 Å². The molecular formula is C25H25N3O8. The highest BCUT2D eigenvalue weighted by atomic mass is 16.6. The lowest BCUT2D eigenvalue weighted by Crippen LogP contribution is -2.21. The molecule has 0 bridgehead atoms. The van der Waals surface area contributed by atoms with Crippen molar-refractivity contribution < 1.29 is 33.5 Å². The Kier molecular flexibility index (Phi) is 8.65. The number of esters is 1. The number of carbonyl (C=O) groups is 2. The van der Waals surface area contributed by atoms with Crippen molar-refractivity contribution in [1.82, 2.24) is 0 Å². The molecule has 0 aromatic heterocycles. The van der Waals surface area contributed by atoms with Crippen LogP contribution in [0.15, 0.2) is 60.7 Å². The van der Waals surface area contributed by atoms with Crippen molar-refractivity contribution in [1.29, 1.82) is 0 Å². The molecule has 11 nitrogen and oxygen atoms in total. The number of nitro benzene ring substituents is 1. The molecule has 3 rings (SSSR count). The number of benzene rings is 3. The summed E-state index contributed by atoms with van der Waals surface area (Å²) in [5, 5.41) is 16.9. The van der Waals surface area contributed by atoms with Crippen LogP contribution in [0.4, 0.5) is 17.1 Å². The van der Waals surface area contributed by atoms with Crippen LogP contribution in [0.5, 0.6) is 17.2 Å². The number of ether oxygens (including phenoxy) is 4. The van der Waals surface area contributed by atoms with Crippen molar-refractivity contribution in [2.24, 2.45) is 0 Å². The second-order valence-corrected chi connectivity index (χ2v) is 7.36. The Bertz CT molecular complexity index is 1220. The fourth-order valence-corrected chi connectivity index (χ4v) is 3.32. The van der Waals surface area contributed by atoms with E-state index < -0.39 is 23.4 Å². The second kappa shape index (κ2) is 12.1. The fourth-order valence-electron chi connectivity index (χ4n) is 3.32. The number of non-ortho nitro benzene ring substituents is 1. The van der Waals surface area contributed by atoms with Gasteiger partial charge in [0.1, 0.15) is 0 Å². The van der Waals surface area contributed by atoms with Crippen molar-refractivity contribution in [2.75, 3.05) is 38.6 Å². The average molecular weight is 495 g/mol. The molecule has 0 aliphatic carbocycles. The van der Waals surface area contributed by atoms with E-state index in [9.17, 15) is 19.7 Å². The molecule has 0 radical (unpaired) electrons. The van der Waals surface area contributed by atoms with E-state index in [1.165, 1.54) is 45.6 Å². The molecule has 2 N–H and O–H groups in total. The molecule has 0 heterocycles. The highest BCUT2D eigenvalue weighted by Crippen LogP contribution is 2.39. The van der Waals surface area contributed by atoms with Crippen molar-refractivity contribution in [3.63, 3.8) is 0 Å². The molecular weight excluding hydrogens is 470 g/mol. The molecule has 0 spiro atoms. The van der Waals surface area contributed by atoms with Crippen LogP contribution in [0.1, 0.15) is 15.9 Å². The summed E-state index contributed by atoms with van der Waals surface area (Å²) in [6.07, 6.45) is 0. The first-order valence-corrected chi connectivity index (χ1v) is 10.7. The van der Waals surface area contributed by atoms with E-state index in [-0.39, 0.29) is 11.3 Å². The van der Waals surface area contributed by atoms with Gasteiger partial charge in [-0.2, -0.15) is 0 Å². The van der Waals surface area contributed by atoms with Crippen LogP contribution in [0, 0.1) is 10.1 Å². The molecule has 0 aliphatic rings. The predicted octanol–water partition coefficient (Wildman–Crippen LogP) is 4.03. The normalized spacial score (nSPS) is 10.2. The third-order valence-corrected chi connectivity index (χ3v) is 5.04. The summed E-state index contributed by atoms with van der Waals surface area (Å²) in [5.74, 6) is -0.522. The number of hydrogen-bond donors (Lipinski definition) is 2. The third kappa shape index (κ3) is 6.41. The zero-order valence-corrected chi connectivity index (χ0v) is 19.9. The molecule has 3 aromatic rings. The maximum Gasteiger partial charge on any atom is 0.341 e. The van der Waals surface area contributed by atoms with Crippen LogP contribution in [0.3, 0.4) is 0 Å². The van der Waals surface area contributed by atoms with Gasteiger partial charge in [-0.1, -0.05) is 30.3 Å². The van der Waals surface area contributed by atoms with E-state index in [0.717, 1.165) is 11.6 Å². The number of amides is 1. The molecule has 0 aliphatic heterocycles. The molecule has 188 valence electrons. The number of rotatable bonds is 11. The van der Waals surface area contributed by atoms with Gasteiger partial charge in [0, 0.05) is 42.2 Å². The number of nitrogens with one attached hydrogen (secondary N) is 2. The fraction of sp³-hybridized carbons (Fsp3) is 0.200. The number of methoxy groups -OCH3 is 3. The van der Waals surface area contributed by atoms with E-state index in [2.05, 4.69) is 10.6 Å². The molecule has 3 aromatic carbocycles. The number of nitrogens with zero attached hydrogens (tertiary/aromatic N) is 1. The van der Waals surface area contributed by atoms with Gasteiger partial charge in [-0.05, 0) is 11.6 Å². The van der Waals surface area contributed by atoms with Crippen molar-refractivity contribution in [2.45, 2.75) is 6.54 Å². The van der Waals surface area contributed by atoms with Gasteiger partial charge in [0.05, 0.1) is 31.8 Å². The molecule has 0 unspecified atom stereocenters. The standard InChI is InChI=1S/C25H25N3O8/c1-33-21-11-17(12-22(34-2)24(21)35-3)27-23(29)15-36-25(30)19-13-18(28(31)32)9-10-20(19)26-14-16-7-5-4-6-8-16/h4-13,26H,14-15H2,1-3H3,(H,27,29). The highest BCUT2D eigenvalue weighted by Gasteiger charge is 2.20. The molecule has 0 atom stereocenters. The van der Waals surface area contributed by atoms with Gasteiger partial charge >= 0.3 is 5.97 Å². The van der Waals surface area contributed by atoms with E-state index in [1.807, 2.05) is 30.3 Å². The van der Waals surface area contributed by atoms with Gasteiger partial charge in [0.15, 0.2) is 18.1 Å². The lowest BCUT2D eigenvalue weighted by Gasteiger charge is -2.15. The molecule has 36 heavy (non-hydrogen) atoms. The largest absolute Gasteiger partial charge is 0.493 e. The average Bonchev–Trinajstić information content (AvgIpc) is 2.90. The monoisotopic (exact) mass is 495 g/mol. The summed E-state index contributed by atoms with van der Waals surface area (Å²) in [4.78, 5) is 35.8. The van der Waals surface area contributed by atoms with Gasteiger partial charge in [-0.15, -0.1) is 0 Å². The van der Waals surface area contributed by atoms with Crippen LogP contribution in [-0.4, -0.2) is 44.7 Å². The zero-order chi connectivity index (χ0) is 26.1. The first-order valence-electron chi connectivity index (χ1n) is 10.7. The van der Waals surface area contributed by atoms with Gasteiger partial charge in [-0.25, -0.2) is 4.79 Å². The Hall–Kier alpha value is -4.80. The topological polar surface area (TPSA) is 138 Å². The van der Waals surface area contributed by atoms with Crippen molar-refractivity contribution in [3.8, 4) is 17.2 Å². The van der Waals surface area contributed by atoms with Gasteiger partial charge in [0.2, 0.25) is 5.75 Å². The van der Waals surface area contributed by atoms with E-state index in [4.69, 9.17) is 18.9 Å². The van der Waals surface area contributed by atoms with Crippen LogP contribution in [-0.2, 0) is 16.1 Å². The minimum atomic E-state index is -0.894. The lowest BCUT2D eigenvalue weighted by molar-refractivity contribution is -0.384. The molecule has 0 saturated heterocycles. The highest BCUT2D eigenvalue weighted by molar-refractivity contribution is 5.99. The van der Waals surface area contributed by atoms with E-state index >= 15 is 0 Å². The Morgan fingerprint density at radius 1 is 0.917 bits per heavy atom. The maximum atomic E-state index is 12.8. The number of carbonyl (C=O) groups excluding carboxylic acids is 2. The molecule has 1 amide bonds. The zero-order valence-electron chi connectivity index (χ0n) is 19.9. The van der Waals surface area contributed by atoms with Gasteiger partial charge in [0.25, 0.3) is 11.6 Å². The Morgan fingerprint density at radius 2 is 1.58 bits per heavy atom. The first-order chi connectivity index (χ1) is 17.4. The molecule has 11 heteroatoms. The van der Waals surface area contributed by atoms with Crippen LogP contribution < -0.4 is 24.8 Å². The van der Waals surface area contributed by atoms with Gasteiger partial charge in [-0.3, -0.25) is 14.9 Å². The maximum absolute atomic E-state index is 12.8. The van der Waals surface area contributed by atoms with Crippen LogP contribution >= 0.6 is 0 Å². The van der Waals surface area contributed by atoms with E-state index in [1.54, 1.807) is 0 Å². The second-order valence-electron chi connectivity index (χ2n) is 7.36. The summed E-state index contributed by atoms with van der Waals surface area (Å²) in [6.45, 7) is -0.253. The van der Waals surface area contributed by atoms with Crippen LogP contribution in [0.2, 0.25) is 0 Å². The predicted molar refractivity (Wildman–Crippen MR) is 132 cm³/mol. The number of nitro groups is 1. The van der Waals surface area contributed by atoms with Crippen molar-refractivity contribution >= 4 is 28.9 Å². The Balaban J connectivity index is 1.71. The summed E-state index contributed by atoms with van der Waals surface area (Å²) in [5.41, 5.74) is 1.25. The summed E-state index contributed by atoms with van der Waals surface area (Å²) >= 11 is 0. The summed E-state index contributed by atoms with van der Waals surface area (Å²) < 4.78 is 20.9. The Labute approximate surface area is 207 Å². The minimum Gasteiger partial charge on any atom is -0.493 e. The summed E-state index contributed by atoms with van der Waals surface area (Å²) in [6, 6.07) is 16.3. The Morgan fingerprint density at radius 3 is 2.17 bits per heavy atom. The third-order valence-electron chi connectivity index (χ3n) is 5.04. The molecule has 0 saturated carbocycles. The lowest BCUT2D eigenvalue weighted by atomic mass is 10.1. The SMILES string of the molecule is COc1cc(NC(=O)COC(=O)c2cc([N+](=O)[O-])ccc2NCc2ccccc2)cc(OC)c1OC.